The number of aliphatic carboxylic acids is 1. The average Bonchev–Trinajstić information content (AvgIpc) is 2.48. The van der Waals surface area contributed by atoms with Crippen LogP contribution in [0.3, 0.4) is 0 Å². The Kier molecular flexibility index (Phi) is 3.27. The highest BCUT2D eigenvalue weighted by Gasteiger charge is 2.32. The number of fused-ring (bicyclic) bond motifs is 1. The zero-order valence-corrected chi connectivity index (χ0v) is 11.2. The van der Waals surface area contributed by atoms with Crippen molar-refractivity contribution in [2.45, 2.75) is 18.5 Å². The van der Waals surface area contributed by atoms with Crippen molar-refractivity contribution < 1.29 is 20.1 Å². The molecule has 0 fully saturated rings. The van der Waals surface area contributed by atoms with Gasteiger partial charge in [-0.05, 0) is 35.2 Å². The van der Waals surface area contributed by atoms with E-state index in [2.05, 4.69) is 5.32 Å². The highest BCUT2D eigenvalue weighted by atomic mass is 16.4. The van der Waals surface area contributed by atoms with Gasteiger partial charge in [-0.1, -0.05) is 30.3 Å². The zero-order chi connectivity index (χ0) is 15.0. The van der Waals surface area contributed by atoms with Crippen LogP contribution in [0.25, 0.3) is 0 Å². The summed E-state index contributed by atoms with van der Waals surface area (Å²) in [6.07, 6.45) is 0.266. The summed E-state index contributed by atoms with van der Waals surface area (Å²) in [5.74, 6) is -1.37. The predicted molar refractivity (Wildman–Crippen MR) is 76.3 cm³/mol. The van der Waals surface area contributed by atoms with Crippen molar-refractivity contribution in [1.82, 2.24) is 5.32 Å². The van der Waals surface area contributed by atoms with Gasteiger partial charge in [0.2, 0.25) is 0 Å². The second-order valence-electron chi connectivity index (χ2n) is 5.15. The number of hydrogen-bond donors (Lipinski definition) is 4. The van der Waals surface area contributed by atoms with Gasteiger partial charge in [0.15, 0.2) is 11.5 Å². The van der Waals surface area contributed by atoms with Gasteiger partial charge in [0.05, 0.1) is 6.04 Å². The van der Waals surface area contributed by atoms with Crippen LogP contribution < -0.4 is 5.32 Å². The Bertz CT molecular complexity index is 684. The molecule has 0 saturated carbocycles. The molecule has 0 amide bonds. The third-order valence-corrected chi connectivity index (χ3v) is 3.77. The Morgan fingerprint density at radius 2 is 1.76 bits per heavy atom. The van der Waals surface area contributed by atoms with Gasteiger partial charge in [-0.2, -0.15) is 0 Å². The molecule has 0 aliphatic carbocycles. The van der Waals surface area contributed by atoms with Crippen LogP contribution in [0.2, 0.25) is 0 Å². The molecule has 4 N–H and O–H groups in total. The molecule has 0 unspecified atom stereocenters. The number of carboxylic acid groups (broad SMARTS) is 1. The number of hydrogen-bond acceptors (Lipinski definition) is 4. The van der Waals surface area contributed by atoms with Crippen LogP contribution >= 0.6 is 0 Å². The molecular formula is C16H15NO4. The Morgan fingerprint density at radius 1 is 1.10 bits per heavy atom. The van der Waals surface area contributed by atoms with E-state index in [1.54, 1.807) is 0 Å². The van der Waals surface area contributed by atoms with E-state index in [1.807, 2.05) is 30.3 Å². The minimum atomic E-state index is -0.936. The molecule has 0 bridgehead atoms. The third kappa shape index (κ3) is 2.43. The number of aromatic hydroxyl groups is 2. The lowest BCUT2D eigenvalue weighted by Crippen LogP contribution is -2.45. The largest absolute Gasteiger partial charge is 0.504 e. The first-order chi connectivity index (χ1) is 10.1. The molecule has 2 aromatic rings. The lowest BCUT2D eigenvalue weighted by Gasteiger charge is -2.31. The van der Waals surface area contributed by atoms with Crippen LogP contribution in [0.1, 0.15) is 22.7 Å². The fourth-order valence-corrected chi connectivity index (χ4v) is 2.73. The SMILES string of the molecule is O=C(O)[C@@H]1Cc2cc(O)c(O)cc2[C@@H](c2ccccc2)N1. The van der Waals surface area contributed by atoms with Gasteiger partial charge in [-0.25, -0.2) is 0 Å². The fraction of sp³-hybridized carbons (Fsp3) is 0.188. The quantitative estimate of drug-likeness (QED) is 0.632. The molecule has 0 aromatic heterocycles. The molecule has 1 aliphatic heterocycles. The van der Waals surface area contributed by atoms with E-state index in [4.69, 9.17) is 0 Å². The van der Waals surface area contributed by atoms with Gasteiger partial charge in [0.25, 0.3) is 0 Å². The number of carbonyl (C=O) groups is 1. The van der Waals surface area contributed by atoms with Crippen LogP contribution in [0.15, 0.2) is 42.5 Å². The Morgan fingerprint density at radius 3 is 2.43 bits per heavy atom. The predicted octanol–water partition coefficient (Wildman–Crippen LogP) is 1.79. The van der Waals surface area contributed by atoms with Gasteiger partial charge in [-0.15, -0.1) is 0 Å². The number of benzene rings is 2. The van der Waals surface area contributed by atoms with E-state index in [0.29, 0.717) is 0 Å². The summed E-state index contributed by atoms with van der Waals surface area (Å²) in [5, 5.41) is 31.7. The fourth-order valence-electron chi connectivity index (χ4n) is 2.73. The first kappa shape index (κ1) is 13.5. The Hall–Kier alpha value is -2.53. The van der Waals surface area contributed by atoms with E-state index in [0.717, 1.165) is 16.7 Å². The lowest BCUT2D eigenvalue weighted by atomic mass is 9.86. The second-order valence-corrected chi connectivity index (χ2v) is 5.15. The van der Waals surface area contributed by atoms with Gasteiger partial charge in [0.1, 0.15) is 6.04 Å². The molecule has 2 aromatic carbocycles. The molecule has 21 heavy (non-hydrogen) atoms. The molecule has 3 rings (SSSR count). The highest BCUT2D eigenvalue weighted by Crippen LogP contribution is 2.37. The molecule has 5 nitrogen and oxygen atoms in total. The maximum absolute atomic E-state index is 11.3. The highest BCUT2D eigenvalue weighted by molar-refractivity contribution is 5.75. The summed E-state index contributed by atoms with van der Waals surface area (Å²) < 4.78 is 0. The van der Waals surface area contributed by atoms with Crippen molar-refractivity contribution in [1.29, 1.82) is 0 Å². The molecule has 1 aliphatic rings. The first-order valence-electron chi connectivity index (χ1n) is 6.65. The maximum atomic E-state index is 11.3. The summed E-state index contributed by atoms with van der Waals surface area (Å²) in [4.78, 5) is 11.3. The van der Waals surface area contributed by atoms with Crippen LogP contribution in [-0.4, -0.2) is 27.3 Å². The van der Waals surface area contributed by atoms with Crippen LogP contribution in [0.4, 0.5) is 0 Å². The summed E-state index contributed by atoms with van der Waals surface area (Å²) in [5.41, 5.74) is 2.43. The van der Waals surface area contributed by atoms with Crippen molar-refractivity contribution in [2.24, 2.45) is 0 Å². The first-order valence-corrected chi connectivity index (χ1v) is 6.65. The average molecular weight is 285 g/mol. The number of phenolic OH excluding ortho intramolecular Hbond substituents is 2. The van der Waals surface area contributed by atoms with Crippen molar-refractivity contribution in [3.05, 3.63) is 59.2 Å². The Balaban J connectivity index is 2.12. The number of nitrogens with one attached hydrogen (secondary N) is 1. The van der Waals surface area contributed by atoms with Crippen molar-refractivity contribution in [3.8, 4) is 11.5 Å². The normalized spacial score (nSPS) is 20.8. The summed E-state index contributed by atoms with van der Waals surface area (Å²) >= 11 is 0. The summed E-state index contributed by atoms with van der Waals surface area (Å²) in [7, 11) is 0. The smallest absolute Gasteiger partial charge is 0.321 e. The number of phenols is 2. The lowest BCUT2D eigenvalue weighted by molar-refractivity contribution is -0.139. The van der Waals surface area contributed by atoms with Gasteiger partial charge in [-0.3, -0.25) is 10.1 Å². The van der Waals surface area contributed by atoms with E-state index < -0.39 is 12.0 Å². The molecule has 2 atom stereocenters. The van der Waals surface area contributed by atoms with Gasteiger partial charge in [0, 0.05) is 0 Å². The van der Waals surface area contributed by atoms with E-state index in [1.165, 1.54) is 12.1 Å². The Labute approximate surface area is 121 Å². The van der Waals surface area contributed by atoms with Crippen molar-refractivity contribution in [2.75, 3.05) is 0 Å². The topological polar surface area (TPSA) is 89.8 Å². The molecule has 108 valence electrons. The molecule has 0 spiro atoms. The third-order valence-electron chi connectivity index (χ3n) is 3.77. The van der Waals surface area contributed by atoms with Gasteiger partial charge < -0.3 is 15.3 Å². The van der Waals surface area contributed by atoms with Crippen molar-refractivity contribution in [3.63, 3.8) is 0 Å². The standard InChI is InChI=1S/C16H15NO4/c18-13-7-10-6-12(16(20)21)17-15(11(10)8-14(13)19)9-4-2-1-3-5-9/h1-5,7-8,12,15,17-19H,6H2,(H,20,21)/t12-,15+/m0/s1. The minimum Gasteiger partial charge on any atom is -0.504 e. The van der Waals surface area contributed by atoms with Crippen molar-refractivity contribution >= 4 is 5.97 Å². The van der Waals surface area contributed by atoms with Crippen LogP contribution in [0.5, 0.6) is 11.5 Å². The van der Waals surface area contributed by atoms with Crippen LogP contribution in [0, 0.1) is 0 Å². The zero-order valence-electron chi connectivity index (χ0n) is 11.2. The van der Waals surface area contributed by atoms with E-state index in [9.17, 15) is 20.1 Å². The minimum absolute atomic E-state index is 0.203. The van der Waals surface area contributed by atoms with E-state index >= 15 is 0 Å². The van der Waals surface area contributed by atoms with Gasteiger partial charge >= 0.3 is 5.97 Å². The number of rotatable bonds is 2. The summed E-state index contributed by atoms with van der Waals surface area (Å²) in [6.45, 7) is 0. The molecule has 5 heteroatoms. The number of carboxylic acids is 1. The second kappa shape index (κ2) is 5.10. The monoisotopic (exact) mass is 285 g/mol. The molecule has 0 saturated heterocycles. The van der Waals surface area contributed by atoms with Crippen LogP contribution in [-0.2, 0) is 11.2 Å². The summed E-state index contributed by atoms with van der Waals surface area (Å²) in [6, 6.07) is 11.3. The molecular weight excluding hydrogens is 270 g/mol. The molecule has 0 radical (unpaired) electrons. The molecule has 1 heterocycles. The van der Waals surface area contributed by atoms with E-state index in [-0.39, 0.29) is 24.0 Å². The maximum Gasteiger partial charge on any atom is 0.321 e.